The maximum absolute atomic E-state index is 11.0. The standard InChI is InChI=1S/C10H11Br2NO2S/c11-9-2-1-7(3-10(9)12)4-13-8-5-16(14,15)6-8/h1-3,8,13H,4-6H2. The Morgan fingerprint density at radius 1 is 1.25 bits per heavy atom. The second-order valence-corrected chi connectivity index (χ2v) is 7.77. The van der Waals surface area contributed by atoms with Gasteiger partial charge in [-0.05, 0) is 49.6 Å². The van der Waals surface area contributed by atoms with Gasteiger partial charge in [0.2, 0.25) is 0 Å². The molecule has 16 heavy (non-hydrogen) atoms. The predicted octanol–water partition coefficient (Wildman–Crippen LogP) is 2.10. The highest BCUT2D eigenvalue weighted by Crippen LogP contribution is 2.23. The number of sulfone groups is 1. The van der Waals surface area contributed by atoms with Crippen LogP contribution >= 0.6 is 31.9 Å². The zero-order valence-electron chi connectivity index (χ0n) is 8.41. The SMILES string of the molecule is O=S1(=O)CC(NCc2ccc(Br)c(Br)c2)C1. The van der Waals surface area contributed by atoms with Crippen LogP contribution in [0.15, 0.2) is 27.1 Å². The van der Waals surface area contributed by atoms with Crippen molar-refractivity contribution >= 4 is 41.7 Å². The van der Waals surface area contributed by atoms with Gasteiger partial charge in [-0.2, -0.15) is 0 Å². The van der Waals surface area contributed by atoms with Gasteiger partial charge in [-0.1, -0.05) is 6.07 Å². The van der Waals surface area contributed by atoms with Crippen molar-refractivity contribution in [3.05, 3.63) is 32.7 Å². The summed E-state index contributed by atoms with van der Waals surface area (Å²) >= 11 is 6.83. The summed E-state index contributed by atoms with van der Waals surface area (Å²) in [6.07, 6.45) is 0. The van der Waals surface area contributed by atoms with E-state index in [4.69, 9.17) is 0 Å². The molecule has 1 heterocycles. The van der Waals surface area contributed by atoms with E-state index < -0.39 is 9.84 Å². The first-order valence-electron chi connectivity index (χ1n) is 4.84. The molecule has 0 unspecified atom stereocenters. The third kappa shape index (κ3) is 3.06. The quantitative estimate of drug-likeness (QED) is 0.888. The summed E-state index contributed by atoms with van der Waals surface area (Å²) in [6, 6.07) is 6.12. The molecule has 0 saturated carbocycles. The Balaban J connectivity index is 1.89. The lowest BCUT2D eigenvalue weighted by Crippen LogP contribution is -2.50. The molecule has 6 heteroatoms. The molecule has 1 saturated heterocycles. The zero-order valence-corrected chi connectivity index (χ0v) is 12.4. The molecule has 1 N–H and O–H groups in total. The lowest BCUT2D eigenvalue weighted by molar-refractivity contribution is 0.511. The molecule has 0 radical (unpaired) electrons. The van der Waals surface area contributed by atoms with Crippen molar-refractivity contribution in [3.63, 3.8) is 0 Å². The van der Waals surface area contributed by atoms with Crippen LogP contribution in [0.2, 0.25) is 0 Å². The molecule has 2 rings (SSSR count). The lowest BCUT2D eigenvalue weighted by atomic mass is 10.2. The largest absolute Gasteiger partial charge is 0.308 e. The van der Waals surface area contributed by atoms with Gasteiger partial charge < -0.3 is 5.32 Å². The number of hydrogen-bond acceptors (Lipinski definition) is 3. The van der Waals surface area contributed by atoms with E-state index in [2.05, 4.69) is 37.2 Å². The fourth-order valence-electron chi connectivity index (χ4n) is 1.59. The van der Waals surface area contributed by atoms with Crippen molar-refractivity contribution in [1.82, 2.24) is 5.32 Å². The summed E-state index contributed by atoms with van der Waals surface area (Å²) in [4.78, 5) is 0. The Morgan fingerprint density at radius 3 is 2.50 bits per heavy atom. The number of nitrogens with one attached hydrogen (secondary N) is 1. The molecule has 0 amide bonds. The minimum Gasteiger partial charge on any atom is -0.308 e. The summed E-state index contributed by atoms with van der Waals surface area (Å²) in [5.74, 6) is 0.537. The maximum atomic E-state index is 11.0. The van der Waals surface area contributed by atoms with Crippen molar-refractivity contribution in [2.45, 2.75) is 12.6 Å². The number of hydrogen-bond donors (Lipinski definition) is 1. The molecule has 0 aromatic heterocycles. The average Bonchev–Trinajstić information content (AvgIpc) is 2.16. The van der Waals surface area contributed by atoms with Gasteiger partial charge in [0.1, 0.15) is 0 Å². The first-order valence-corrected chi connectivity index (χ1v) is 8.25. The zero-order chi connectivity index (χ0) is 11.8. The molecule has 88 valence electrons. The highest BCUT2D eigenvalue weighted by Gasteiger charge is 2.32. The molecule has 0 bridgehead atoms. The summed E-state index contributed by atoms with van der Waals surface area (Å²) in [7, 11) is -2.73. The maximum Gasteiger partial charge on any atom is 0.153 e. The van der Waals surface area contributed by atoms with Crippen LogP contribution in [-0.2, 0) is 16.4 Å². The van der Waals surface area contributed by atoms with Gasteiger partial charge in [0.15, 0.2) is 9.84 Å². The minimum absolute atomic E-state index is 0.118. The number of benzene rings is 1. The summed E-state index contributed by atoms with van der Waals surface area (Å²) in [5.41, 5.74) is 1.14. The van der Waals surface area contributed by atoms with E-state index in [1.54, 1.807) is 0 Å². The molecule has 1 aliphatic heterocycles. The summed E-state index contributed by atoms with van der Waals surface area (Å²) in [6.45, 7) is 0.700. The monoisotopic (exact) mass is 367 g/mol. The van der Waals surface area contributed by atoms with Crippen LogP contribution < -0.4 is 5.32 Å². The van der Waals surface area contributed by atoms with Crippen molar-refractivity contribution in [2.24, 2.45) is 0 Å². The molecule has 1 fully saturated rings. The van der Waals surface area contributed by atoms with Crippen molar-refractivity contribution in [2.75, 3.05) is 11.5 Å². The Morgan fingerprint density at radius 2 is 1.94 bits per heavy atom. The van der Waals surface area contributed by atoms with Crippen LogP contribution in [0.25, 0.3) is 0 Å². The second kappa shape index (κ2) is 4.76. The topological polar surface area (TPSA) is 46.2 Å². The summed E-state index contributed by atoms with van der Waals surface area (Å²) < 4.78 is 23.9. The molecule has 0 spiro atoms. The van der Waals surface area contributed by atoms with Crippen LogP contribution in [0.1, 0.15) is 5.56 Å². The average molecular weight is 369 g/mol. The van der Waals surface area contributed by atoms with Crippen LogP contribution in [0, 0.1) is 0 Å². The van der Waals surface area contributed by atoms with Gasteiger partial charge in [0, 0.05) is 21.5 Å². The number of rotatable bonds is 3. The molecule has 1 aliphatic rings. The first kappa shape index (κ1) is 12.5. The molecule has 0 atom stereocenters. The van der Waals surface area contributed by atoms with E-state index in [0.717, 1.165) is 14.5 Å². The van der Waals surface area contributed by atoms with Crippen LogP contribution in [0.3, 0.4) is 0 Å². The molecule has 3 nitrogen and oxygen atoms in total. The summed E-state index contributed by atoms with van der Waals surface area (Å²) in [5, 5.41) is 3.22. The van der Waals surface area contributed by atoms with Crippen LogP contribution in [-0.4, -0.2) is 26.0 Å². The third-order valence-electron chi connectivity index (χ3n) is 2.49. The van der Waals surface area contributed by atoms with Crippen LogP contribution in [0.4, 0.5) is 0 Å². The van der Waals surface area contributed by atoms with E-state index in [0.29, 0.717) is 6.54 Å². The fraction of sp³-hybridized carbons (Fsp3) is 0.400. The van der Waals surface area contributed by atoms with Crippen molar-refractivity contribution < 1.29 is 8.42 Å². The Bertz CT molecular complexity index is 490. The normalized spacial score (nSPS) is 19.4. The highest BCUT2D eigenvalue weighted by atomic mass is 79.9. The Kier molecular flexibility index (Phi) is 3.73. The van der Waals surface area contributed by atoms with Crippen LogP contribution in [0.5, 0.6) is 0 Å². The third-order valence-corrected chi connectivity index (χ3v) is 6.19. The van der Waals surface area contributed by atoms with E-state index in [-0.39, 0.29) is 17.5 Å². The molecular formula is C10H11Br2NO2S. The van der Waals surface area contributed by atoms with Gasteiger partial charge in [0.25, 0.3) is 0 Å². The van der Waals surface area contributed by atoms with E-state index in [1.807, 2.05) is 18.2 Å². The lowest BCUT2D eigenvalue weighted by Gasteiger charge is -2.26. The predicted molar refractivity (Wildman–Crippen MR) is 71.1 cm³/mol. The number of halogens is 2. The van der Waals surface area contributed by atoms with Gasteiger partial charge in [-0.25, -0.2) is 8.42 Å². The fourth-order valence-corrected chi connectivity index (χ4v) is 3.63. The Hall–Kier alpha value is 0.0900. The molecule has 0 aliphatic carbocycles. The molecule has 1 aromatic carbocycles. The van der Waals surface area contributed by atoms with Crippen molar-refractivity contribution in [1.29, 1.82) is 0 Å². The van der Waals surface area contributed by atoms with E-state index in [1.165, 1.54) is 0 Å². The highest BCUT2D eigenvalue weighted by molar-refractivity contribution is 9.13. The smallest absolute Gasteiger partial charge is 0.153 e. The van der Waals surface area contributed by atoms with Crippen molar-refractivity contribution in [3.8, 4) is 0 Å². The van der Waals surface area contributed by atoms with Gasteiger partial charge in [-0.3, -0.25) is 0 Å². The van der Waals surface area contributed by atoms with Gasteiger partial charge >= 0.3 is 0 Å². The van der Waals surface area contributed by atoms with Gasteiger partial charge in [0.05, 0.1) is 11.5 Å². The molecule has 1 aromatic rings. The van der Waals surface area contributed by atoms with E-state index in [9.17, 15) is 8.42 Å². The van der Waals surface area contributed by atoms with E-state index >= 15 is 0 Å². The first-order chi connectivity index (χ1) is 7.46. The molecular weight excluding hydrogens is 358 g/mol. The van der Waals surface area contributed by atoms with Gasteiger partial charge in [-0.15, -0.1) is 0 Å². The minimum atomic E-state index is -2.73. The Labute approximate surface area is 112 Å². The second-order valence-electron chi connectivity index (χ2n) is 3.90.